The van der Waals surface area contributed by atoms with E-state index in [1.807, 2.05) is 31.2 Å². The van der Waals surface area contributed by atoms with E-state index in [1.54, 1.807) is 0 Å². The lowest BCUT2D eigenvalue weighted by Crippen LogP contribution is -2.17. The maximum atomic E-state index is 5.89. The summed E-state index contributed by atoms with van der Waals surface area (Å²) in [7, 11) is 2.12. The molecule has 0 amide bonds. The van der Waals surface area contributed by atoms with E-state index in [9.17, 15) is 0 Å². The van der Waals surface area contributed by atoms with Crippen molar-refractivity contribution in [2.24, 2.45) is 0 Å². The molecule has 2 aromatic carbocycles. The quantitative estimate of drug-likeness (QED) is 0.783. The van der Waals surface area contributed by atoms with Gasteiger partial charge in [0, 0.05) is 18.1 Å². The second-order valence-electron chi connectivity index (χ2n) is 4.88. The van der Waals surface area contributed by atoms with E-state index >= 15 is 0 Å². The summed E-state index contributed by atoms with van der Waals surface area (Å²) in [6.45, 7) is 4.52. The number of hydrogen-bond acceptors (Lipinski definition) is 2. The first-order valence-corrected chi connectivity index (χ1v) is 7.20. The highest BCUT2D eigenvalue weighted by molar-refractivity contribution is 6.30. The molecule has 0 radical (unpaired) electrons. The maximum Gasteiger partial charge on any atom is 0.119 e. The number of hydrogen-bond donors (Lipinski definition) is 0. The molecule has 2 rings (SSSR count). The van der Waals surface area contributed by atoms with Crippen LogP contribution in [0.1, 0.15) is 18.1 Å². The van der Waals surface area contributed by atoms with Gasteiger partial charge in [-0.05, 0) is 49.4 Å². The molecular formula is C17H20ClNO. The predicted molar refractivity (Wildman–Crippen MR) is 84.2 cm³/mol. The highest BCUT2D eigenvalue weighted by Crippen LogP contribution is 2.15. The molecule has 0 fully saturated rings. The van der Waals surface area contributed by atoms with E-state index < -0.39 is 0 Å². The van der Waals surface area contributed by atoms with E-state index in [0.29, 0.717) is 6.61 Å². The summed E-state index contributed by atoms with van der Waals surface area (Å²) in [5.41, 5.74) is 2.55. The molecule has 0 atom stereocenters. The molecule has 2 aromatic rings. The van der Waals surface area contributed by atoms with Crippen LogP contribution in [-0.2, 0) is 13.1 Å². The lowest BCUT2D eigenvalue weighted by atomic mass is 10.2. The van der Waals surface area contributed by atoms with Crippen LogP contribution < -0.4 is 4.74 Å². The lowest BCUT2D eigenvalue weighted by molar-refractivity contribution is 0.318. The van der Waals surface area contributed by atoms with E-state index in [2.05, 4.69) is 36.2 Å². The minimum atomic E-state index is 0.704. The summed E-state index contributed by atoms with van der Waals surface area (Å²) < 4.78 is 5.45. The molecule has 0 unspecified atom stereocenters. The first-order valence-electron chi connectivity index (χ1n) is 6.82. The van der Waals surface area contributed by atoms with Crippen LogP contribution in [0.2, 0.25) is 5.02 Å². The van der Waals surface area contributed by atoms with Gasteiger partial charge >= 0.3 is 0 Å². The number of halogens is 1. The van der Waals surface area contributed by atoms with Crippen molar-refractivity contribution in [1.82, 2.24) is 4.90 Å². The molecule has 0 saturated carbocycles. The van der Waals surface area contributed by atoms with Crippen LogP contribution in [0.5, 0.6) is 5.75 Å². The molecule has 106 valence electrons. The Kier molecular flexibility index (Phi) is 5.45. The van der Waals surface area contributed by atoms with Crippen molar-refractivity contribution in [1.29, 1.82) is 0 Å². The van der Waals surface area contributed by atoms with Crippen molar-refractivity contribution in [3.05, 3.63) is 64.7 Å². The fourth-order valence-corrected chi connectivity index (χ4v) is 2.25. The number of benzene rings is 2. The minimum Gasteiger partial charge on any atom is -0.494 e. The summed E-state index contributed by atoms with van der Waals surface area (Å²) in [4.78, 5) is 2.28. The van der Waals surface area contributed by atoms with Crippen LogP contribution in [0.3, 0.4) is 0 Å². The Bertz CT molecular complexity index is 522. The topological polar surface area (TPSA) is 12.5 Å². The number of ether oxygens (including phenoxy) is 1. The fraction of sp³-hybridized carbons (Fsp3) is 0.294. The molecule has 0 bridgehead atoms. The highest BCUT2D eigenvalue weighted by Gasteiger charge is 2.02. The molecule has 0 aromatic heterocycles. The number of nitrogens with zero attached hydrogens (tertiary/aromatic N) is 1. The van der Waals surface area contributed by atoms with Gasteiger partial charge in [0.1, 0.15) is 5.75 Å². The van der Waals surface area contributed by atoms with E-state index in [4.69, 9.17) is 16.3 Å². The van der Waals surface area contributed by atoms with Gasteiger partial charge in [0.05, 0.1) is 6.61 Å². The summed E-state index contributed by atoms with van der Waals surface area (Å²) in [6.07, 6.45) is 0. The Morgan fingerprint density at radius 2 is 1.40 bits per heavy atom. The first-order chi connectivity index (χ1) is 9.67. The Morgan fingerprint density at radius 3 is 1.90 bits per heavy atom. The van der Waals surface area contributed by atoms with Crippen molar-refractivity contribution in [2.45, 2.75) is 20.0 Å². The Balaban J connectivity index is 1.90. The molecular weight excluding hydrogens is 270 g/mol. The van der Waals surface area contributed by atoms with Gasteiger partial charge in [-0.1, -0.05) is 35.9 Å². The van der Waals surface area contributed by atoms with Gasteiger partial charge in [0.25, 0.3) is 0 Å². The van der Waals surface area contributed by atoms with Gasteiger partial charge < -0.3 is 4.74 Å². The van der Waals surface area contributed by atoms with E-state index in [1.165, 1.54) is 11.1 Å². The smallest absolute Gasteiger partial charge is 0.119 e. The zero-order valence-corrected chi connectivity index (χ0v) is 12.7. The van der Waals surface area contributed by atoms with Crippen molar-refractivity contribution < 1.29 is 4.74 Å². The predicted octanol–water partition coefficient (Wildman–Crippen LogP) is 4.37. The average molecular weight is 290 g/mol. The molecule has 3 heteroatoms. The summed E-state index contributed by atoms with van der Waals surface area (Å²) >= 11 is 5.89. The summed E-state index contributed by atoms with van der Waals surface area (Å²) in [5, 5.41) is 0.780. The van der Waals surface area contributed by atoms with Crippen molar-refractivity contribution >= 4 is 11.6 Å². The van der Waals surface area contributed by atoms with Crippen molar-refractivity contribution in [3.63, 3.8) is 0 Å². The largest absolute Gasteiger partial charge is 0.494 e. The molecule has 0 aliphatic rings. The molecule has 20 heavy (non-hydrogen) atoms. The van der Waals surface area contributed by atoms with E-state index in [-0.39, 0.29) is 0 Å². The standard InChI is InChI=1S/C17H20ClNO/c1-3-20-17-10-6-15(7-11-17)13-19(2)12-14-4-8-16(18)9-5-14/h4-11H,3,12-13H2,1-2H3. The zero-order chi connectivity index (χ0) is 14.4. The van der Waals surface area contributed by atoms with Crippen LogP contribution in [0.25, 0.3) is 0 Å². The normalized spacial score (nSPS) is 10.8. The van der Waals surface area contributed by atoms with Gasteiger partial charge in [-0.2, -0.15) is 0 Å². The average Bonchev–Trinajstić information content (AvgIpc) is 2.44. The molecule has 0 aliphatic heterocycles. The van der Waals surface area contributed by atoms with Crippen LogP contribution in [-0.4, -0.2) is 18.6 Å². The molecule has 0 spiro atoms. The Labute approximate surface area is 125 Å². The van der Waals surface area contributed by atoms with Crippen molar-refractivity contribution in [3.8, 4) is 5.75 Å². The number of rotatable bonds is 6. The zero-order valence-electron chi connectivity index (χ0n) is 12.0. The van der Waals surface area contributed by atoms with Gasteiger partial charge in [0.15, 0.2) is 0 Å². The summed E-state index contributed by atoms with van der Waals surface area (Å²) in [5.74, 6) is 0.927. The third-order valence-electron chi connectivity index (χ3n) is 3.05. The van der Waals surface area contributed by atoms with Gasteiger partial charge in [-0.15, -0.1) is 0 Å². The Hall–Kier alpha value is -1.51. The SMILES string of the molecule is CCOc1ccc(CN(C)Cc2ccc(Cl)cc2)cc1. The fourth-order valence-electron chi connectivity index (χ4n) is 2.13. The van der Waals surface area contributed by atoms with Crippen LogP contribution in [0.4, 0.5) is 0 Å². The van der Waals surface area contributed by atoms with Gasteiger partial charge in [0.2, 0.25) is 0 Å². The minimum absolute atomic E-state index is 0.704. The lowest BCUT2D eigenvalue weighted by Gasteiger charge is -2.17. The molecule has 0 saturated heterocycles. The first kappa shape index (κ1) is 14.9. The monoisotopic (exact) mass is 289 g/mol. The van der Waals surface area contributed by atoms with Crippen LogP contribution in [0, 0.1) is 0 Å². The van der Waals surface area contributed by atoms with Gasteiger partial charge in [-0.3, -0.25) is 4.90 Å². The van der Waals surface area contributed by atoms with Gasteiger partial charge in [-0.25, -0.2) is 0 Å². The molecule has 2 nitrogen and oxygen atoms in total. The maximum absolute atomic E-state index is 5.89. The highest BCUT2D eigenvalue weighted by atomic mass is 35.5. The Morgan fingerprint density at radius 1 is 0.900 bits per heavy atom. The molecule has 0 aliphatic carbocycles. The molecule has 0 heterocycles. The second kappa shape index (κ2) is 7.32. The second-order valence-corrected chi connectivity index (χ2v) is 5.31. The summed E-state index contributed by atoms with van der Waals surface area (Å²) in [6, 6.07) is 16.3. The van der Waals surface area contributed by atoms with Crippen LogP contribution >= 0.6 is 11.6 Å². The third-order valence-corrected chi connectivity index (χ3v) is 3.30. The van der Waals surface area contributed by atoms with E-state index in [0.717, 1.165) is 23.9 Å². The third kappa shape index (κ3) is 4.55. The molecule has 0 N–H and O–H groups in total. The van der Waals surface area contributed by atoms with Crippen molar-refractivity contribution in [2.75, 3.05) is 13.7 Å². The van der Waals surface area contributed by atoms with Crippen LogP contribution in [0.15, 0.2) is 48.5 Å².